The van der Waals surface area contributed by atoms with Gasteiger partial charge < -0.3 is 10.4 Å². The maximum absolute atomic E-state index is 9.01. The molecule has 0 saturated heterocycles. The summed E-state index contributed by atoms with van der Waals surface area (Å²) in [5.41, 5.74) is 1.25. The van der Waals surface area contributed by atoms with Gasteiger partial charge in [0.25, 0.3) is 0 Å². The first-order valence-corrected chi connectivity index (χ1v) is 5.83. The highest BCUT2D eigenvalue weighted by Crippen LogP contribution is 2.09. The SMILES string of the molecule is CC.Oc1ccc(CCNCP)cc1. The summed E-state index contributed by atoms with van der Waals surface area (Å²) in [5, 5.41) is 12.2. The lowest BCUT2D eigenvalue weighted by Gasteiger charge is -2.01. The number of benzene rings is 1. The van der Waals surface area contributed by atoms with Crippen molar-refractivity contribution in [1.82, 2.24) is 5.32 Å². The Morgan fingerprint density at radius 1 is 1.21 bits per heavy atom. The van der Waals surface area contributed by atoms with Crippen LogP contribution < -0.4 is 5.32 Å². The van der Waals surface area contributed by atoms with E-state index < -0.39 is 0 Å². The van der Waals surface area contributed by atoms with E-state index in [4.69, 9.17) is 5.11 Å². The van der Waals surface area contributed by atoms with Gasteiger partial charge in [0.05, 0.1) is 0 Å². The number of hydrogen-bond donors (Lipinski definition) is 2. The van der Waals surface area contributed by atoms with Crippen molar-refractivity contribution in [1.29, 1.82) is 0 Å². The van der Waals surface area contributed by atoms with Crippen molar-refractivity contribution < 1.29 is 5.11 Å². The molecule has 80 valence electrons. The predicted octanol–water partition coefficient (Wildman–Crippen LogP) is 2.38. The molecule has 14 heavy (non-hydrogen) atoms. The Kier molecular flexibility index (Phi) is 8.61. The second-order valence-corrected chi connectivity index (χ2v) is 3.03. The molecule has 2 nitrogen and oxygen atoms in total. The van der Waals surface area contributed by atoms with Crippen molar-refractivity contribution in [2.24, 2.45) is 0 Å². The summed E-state index contributed by atoms with van der Waals surface area (Å²) in [4.78, 5) is 0. The van der Waals surface area contributed by atoms with Crippen molar-refractivity contribution in [3.8, 4) is 5.75 Å². The van der Waals surface area contributed by atoms with Crippen LogP contribution in [0, 0.1) is 0 Å². The number of hydrogen-bond acceptors (Lipinski definition) is 2. The van der Waals surface area contributed by atoms with Crippen LogP contribution in [0.25, 0.3) is 0 Å². The summed E-state index contributed by atoms with van der Waals surface area (Å²) in [6.45, 7) is 4.98. The lowest BCUT2D eigenvalue weighted by Crippen LogP contribution is -2.14. The zero-order valence-corrected chi connectivity index (χ0v) is 10.1. The van der Waals surface area contributed by atoms with Crippen LogP contribution in [0.4, 0.5) is 0 Å². The molecule has 1 atom stereocenters. The smallest absolute Gasteiger partial charge is 0.115 e. The summed E-state index contributed by atoms with van der Waals surface area (Å²) < 4.78 is 0. The minimum absolute atomic E-state index is 0.331. The fraction of sp³-hybridized carbons (Fsp3) is 0.455. The van der Waals surface area contributed by atoms with Gasteiger partial charge in [-0.15, -0.1) is 9.24 Å². The highest BCUT2D eigenvalue weighted by atomic mass is 31.0. The number of phenols is 1. The lowest BCUT2D eigenvalue weighted by atomic mass is 10.1. The maximum atomic E-state index is 9.01. The van der Waals surface area contributed by atoms with Crippen LogP contribution in [-0.2, 0) is 6.42 Å². The standard InChI is InChI=1S/C9H14NOP.C2H6/c11-9-3-1-8(2-4-9)5-6-10-7-12;1-2/h1-4,10-11H,5-7,12H2;1-2H3. The van der Waals surface area contributed by atoms with Gasteiger partial charge in [-0.25, -0.2) is 0 Å². The van der Waals surface area contributed by atoms with E-state index in [0.717, 1.165) is 19.3 Å². The van der Waals surface area contributed by atoms with Gasteiger partial charge in [0.2, 0.25) is 0 Å². The Morgan fingerprint density at radius 3 is 2.29 bits per heavy atom. The molecule has 0 saturated carbocycles. The lowest BCUT2D eigenvalue weighted by molar-refractivity contribution is 0.475. The normalized spacial score (nSPS) is 9.07. The molecule has 1 aromatic rings. The van der Waals surface area contributed by atoms with Crippen LogP contribution in [0.15, 0.2) is 24.3 Å². The zero-order valence-electron chi connectivity index (χ0n) is 8.96. The third-order valence-electron chi connectivity index (χ3n) is 1.67. The monoisotopic (exact) mass is 213 g/mol. The summed E-state index contributed by atoms with van der Waals surface area (Å²) in [7, 11) is 2.62. The first-order chi connectivity index (χ1) is 6.83. The second-order valence-electron chi connectivity index (χ2n) is 2.62. The molecular weight excluding hydrogens is 193 g/mol. The molecule has 0 aromatic heterocycles. The molecular formula is C11H20NOP. The summed E-state index contributed by atoms with van der Waals surface area (Å²) in [6, 6.07) is 7.33. The fourth-order valence-corrected chi connectivity index (χ4v) is 1.20. The molecule has 1 unspecified atom stereocenters. The average molecular weight is 213 g/mol. The molecule has 0 heterocycles. The average Bonchev–Trinajstić information content (AvgIpc) is 2.24. The largest absolute Gasteiger partial charge is 0.508 e. The van der Waals surface area contributed by atoms with Crippen LogP contribution in [0.3, 0.4) is 0 Å². The summed E-state index contributed by atoms with van der Waals surface area (Å²) >= 11 is 0. The molecule has 0 radical (unpaired) electrons. The van der Waals surface area contributed by atoms with Gasteiger partial charge in [-0.3, -0.25) is 0 Å². The molecule has 0 fully saturated rings. The third-order valence-corrected chi connectivity index (χ3v) is 1.96. The Bertz CT molecular complexity index is 223. The van der Waals surface area contributed by atoms with Gasteiger partial charge in [0.1, 0.15) is 5.75 Å². The van der Waals surface area contributed by atoms with Crippen molar-refractivity contribution in [3.05, 3.63) is 29.8 Å². The number of nitrogens with one attached hydrogen (secondary N) is 1. The van der Waals surface area contributed by atoms with Crippen LogP contribution >= 0.6 is 9.24 Å². The molecule has 0 amide bonds. The van der Waals surface area contributed by atoms with Crippen molar-refractivity contribution in [3.63, 3.8) is 0 Å². The van der Waals surface area contributed by atoms with Crippen molar-refractivity contribution >= 4 is 9.24 Å². The first-order valence-electron chi connectivity index (χ1n) is 5.01. The Labute approximate surface area is 88.9 Å². The fourth-order valence-electron chi connectivity index (χ4n) is 0.997. The molecule has 0 bridgehead atoms. The van der Waals surface area contributed by atoms with Gasteiger partial charge in [-0.05, 0) is 30.7 Å². The molecule has 1 rings (SSSR count). The Morgan fingerprint density at radius 2 is 1.79 bits per heavy atom. The first kappa shape index (κ1) is 13.4. The van der Waals surface area contributed by atoms with E-state index >= 15 is 0 Å². The molecule has 3 heteroatoms. The highest BCUT2D eigenvalue weighted by Gasteiger charge is 1.91. The van der Waals surface area contributed by atoms with Crippen molar-refractivity contribution in [2.75, 3.05) is 12.8 Å². The van der Waals surface area contributed by atoms with E-state index in [1.807, 2.05) is 26.0 Å². The van der Waals surface area contributed by atoms with Crippen LogP contribution in [0.2, 0.25) is 0 Å². The van der Waals surface area contributed by atoms with Gasteiger partial charge in [0, 0.05) is 6.29 Å². The predicted molar refractivity (Wildman–Crippen MR) is 65.7 cm³/mol. The van der Waals surface area contributed by atoms with Crippen LogP contribution in [0.1, 0.15) is 19.4 Å². The van der Waals surface area contributed by atoms with Gasteiger partial charge >= 0.3 is 0 Å². The van der Waals surface area contributed by atoms with Gasteiger partial charge in [-0.2, -0.15) is 0 Å². The molecule has 0 spiro atoms. The topological polar surface area (TPSA) is 32.3 Å². The van der Waals surface area contributed by atoms with E-state index in [-0.39, 0.29) is 0 Å². The number of phenolic OH excluding ortho intramolecular Hbond substituents is 1. The van der Waals surface area contributed by atoms with E-state index in [1.54, 1.807) is 12.1 Å². The molecule has 0 aliphatic carbocycles. The van der Waals surface area contributed by atoms with Crippen LogP contribution in [-0.4, -0.2) is 17.9 Å². The van der Waals surface area contributed by atoms with E-state index in [2.05, 4.69) is 14.6 Å². The maximum Gasteiger partial charge on any atom is 0.115 e. The van der Waals surface area contributed by atoms with E-state index in [9.17, 15) is 0 Å². The number of rotatable bonds is 4. The van der Waals surface area contributed by atoms with Gasteiger partial charge in [0.15, 0.2) is 0 Å². The third kappa shape index (κ3) is 5.95. The molecule has 0 aliphatic heterocycles. The summed E-state index contributed by atoms with van der Waals surface area (Å²) in [6.07, 6.45) is 1.94. The minimum Gasteiger partial charge on any atom is -0.508 e. The molecule has 2 N–H and O–H groups in total. The quantitative estimate of drug-likeness (QED) is 0.594. The Hall–Kier alpha value is -0.590. The number of aromatic hydroxyl groups is 1. The highest BCUT2D eigenvalue weighted by molar-refractivity contribution is 7.16. The van der Waals surface area contributed by atoms with Gasteiger partial charge in [-0.1, -0.05) is 26.0 Å². The minimum atomic E-state index is 0.331. The summed E-state index contributed by atoms with van der Waals surface area (Å²) in [5.74, 6) is 0.331. The Balaban J connectivity index is 0.000000791. The van der Waals surface area contributed by atoms with Crippen molar-refractivity contribution in [2.45, 2.75) is 20.3 Å². The molecule has 0 aliphatic rings. The second kappa shape index (κ2) is 8.98. The molecule has 1 aromatic carbocycles. The van der Waals surface area contributed by atoms with E-state index in [1.165, 1.54) is 5.56 Å². The zero-order chi connectivity index (χ0) is 10.8. The van der Waals surface area contributed by atoms with Crippen LogP contribution in [0.5, 0.6) is 5.75 Å². The van der Waals surface area contributed by atoms with E-state index in [0.29, 0.717) is 5.75 Å².